The van der Waals surface area contributed by atoms with Gasteiger partial charge < -0.3 is 5.32 Å². The SMILES string of the molecule is CN(C)S(=O)(=O)CC(=O)N[C@H](Cc1ccccc1)C(C)(C)C. The van der Waals surface area contributed by atoms with E-state index in [-0.39, 0.29) is 11.5 Å². The third kappa shape index (κ3) is 5.77. The Kier molecular flexibility index (Phi) is 6.14. The fraction of sp³-hybridized carbons (Fsp3) is 0.562. The van der Waals surface area contributed by atoms with Crippen molar-refractivity contribution in [3.05, 3.63) is 35.9 Å². The van der Waals surface area contributed by atoms with Crippen LogP contribution in [0.15, 0.2) is 30.3 Å². The average molecular weight is 326 g/mol. The Balaban J connectivity index is 2.81. The first-order valence-corrected chi connectivity index (χ1v) is 8.87. The highest BCUT2D eigenvalue weighted by molar-refractivity contribution is 7.89. The zero-order valence-electron chi connectivity index (χ0n) is 14.0. The van der Waals surface area contributed by atoms with Gasteiger partial charge in [-0.1, -0.05) is 51.1 Å². The lowest BCUT2D eigenvalue weighted by atomic mass is 9.83. The number of carbonyl (C=O) groups excluding carboxylic acids is 1. The predicted molar refractivity (Wildman–Crippen MR) is 89.0 cm³/mol. The van der Waals surface area contributed by atoms with Gasteiger partial charge in [0.1, 0.15) is 5.75 Å². The van der Waals surface area contributed by atoms with Crippen LogP contribution in [0, 0.1) is 5.41 Å². The number of hydrogen-bond acceptors (Lipinski definition) is 3. The molecule has 22 heavy (non-hydrogen) atoms. The Morgan fingerprint density at radius 2 is 1.73 bits per heavy atom. The molecule has 5 nitrogen and oxygen atoms in total. The van der Waals surface area contributed by atoms with Gasteiger partial charge >= 0.3 is 0 Å². The van der Waals surface area contributed by atoms with Crippen molar-refractivity contribution in [3.8, 4) is 0 Å². The van der Waals surface area contributed by atoms with Crippen molar-refractivity contribution in [2.45, 2.75) is 33.2 Å². The molecule has 0 aromatic heterocycles. The normalized spacial score (nSPS) is 13.9. The second-order valence-corrected chi connectivity index (χ2v) is 8.90. The van der Waals surface area contributed by atoms with Crippen molar-refractivity contribution in [2.75, 3.05) is 19.8 Å². The van der Waals surface area contributed by atoms with E-state index in [1.165, 1.54) is 14.1 Å². The Morgan fingerprint density at radius 1 is 1.18 bits per heavy atom. The van der Waals surface area contributed by atoms with Crippen LogP contribution in [0.3, 0.4) is 0 Å². The summed E-state index contributed by atoms with van der Waals surface area (Å²) >= 11 is 0. The Labute approximate surface area is 133 Å². The molecule has 0 saturated heterocycles. The van der Waals surface area contributed by atoms with Gasteiger partial charge in [-0.3, -0.25) is 4.79 Å². The van der Waals surface area contributed by atoms with Gasteiger partial charge in [0.15, 0.2) is 0 Å². The smallest absolute Gasteiger partial charge is 0.236 e. The molecule has 0 aliphatic carbocycles. The molecule has 1 N–H and O–H groups in total. The number of benzene rings is 1. The van der Waals surface area contributed by atoms with E-state index in [1.54, 1.807) is 0 Å². The van der Waals surface area contributed by atoms with E-state index in [9.17, 15) is 13.2 Å². The van der Waals surface area contributed by atoms with Gasteiger partial charge in [-0.05, 0) is 17.4 Å². The van der Waals surface area contributed by atoms with Crippen molar-refractivity contribution in [3.63, 3.8) is 0 Å². The van der Waals surface area contributed by atoms with Gasteiger partial charge in [-0.15, -0.1) is 0 Å². The van der Waals surface area contributed by atoms with Crippen LogP contribution in [0.1, 0.15) is 26.3 Å². The fourth-order valence-electron chi connectivity index (χ4n) is 1.95. The molecule has 0 aliphatic heterocycles. The number of carbonyl (C=O) groups is 1. The maximum absolute atomic E-state index is 12.1. The van der Waals surface area contributed by atoms with E-state index in [0.717, 1.165) is 9.87 Å². The summed E-state index contributed by atoms with van der Waals surface area (Å²) in [6, 6.07) is 9.71. The number of nitrogens with one attached hydrogen (secondary N) is 1. The summed E-state index contributed by atoms with van der Waals surface area (Å²) in [6.07, 6.45) is 0.665. The molecule has 0 spiro atoms. The first kappa shape index (κ1) is 18.6. The van der Waals surface area contributed by atoms with Gasteiger partial charge in [0.2, 0.25) is 15.9 Å². The third-order valence-electron chi connectivity index (χ3n) is 3.53. The summed E-state index contributed by atoms with van der Waals surface area (Å²) in [7, 11) is -0.691. The highest BCUT2D eigenvalue weighted by atomic mass is 32.2. The molecule has 124 valence electrons. The monoisotopic (exact) mass is 326 g/mol. The molecule has 1 atom stereocenters. The van der Waals surface area contributed by atoms with Crippen molar-refractivity contribution in [1.29, 1.82) is 0 Å². The molecule has 1 amide bonds. The average Bonchev–Trinajstić information content (AvgIpc) is 2.37. The van der Waals surface area contributed by atoms with E-state index in [2.05, 4.69) is 5.32 Å². The lowest BCUT2D eigenvalue weighted by molar-refractivity contribution is -0.120. The topological polar surface area (TPSA) is 66.5 Å². The van der Waals surface area contributed by atoms with Crippen LogP contribution in [0.4, 0.5) is 0 Å². The highest BCUT2D eigenvalue weighted by Gasteiger charge is 2.28. The van der Waals surface area contributed by atoms with Gasteiger partial charge in [-0.25, -0.2) is 12.7 Å². The summed E-state index contributed by atoms with van der Waals surface area (Å²) in [4.78, 5) is 12.1. The molecule has 1 aromatic rings. The van der Waals surface area contributed by atoms with Gasteiger partial charge in [0.25, 0.3) is 0 Å². The minimum absolute atomic E-state index is 0.139. The summed E-state index contributed by atoms with van der Waals surface area (Å²) in [5, 5.41) is 2.87. The quantitative estimate of drug-likeness (QED) is 0.864. The van der Waals surface area contributed by atoms with E-state index < -0.39 is 21.7 Å². The van der Waals surface area contributed by atoms with Gasteiger partial charge in [0.05, 0.1) is 0 Å². The zero-order valence-corrected chi connectivity index (χ0v) is 14.8. The van der Waals surface area contributed by atoms with Crippen LogP contribution in [-0.4, -0.2) is 44.5 Å². The second kappa shape index (κ2) is 7.24. The highest BCUT2D eigenvalue weighted by Crippen LogP contribution is 2.22. The molecule has 6 heteroatoms. The number of amides is 1. The summed E-state index contributed by atoms with van der Waals surface area (Å²) in [6.45, 7) is 6.09. The summed E-state index contributed by atoms with van der Waals surface area (Å²) < 4.78 is 24.7. The van der Waals surface area contributed by atoms with E-state index >= 15 is 0 Å². The maximum Gasteiger partial charge on any atom is 0.236 e. The van der Waals surface area contributed by atoms with Crippen LogP contribution in [0.25, 0.3) is 0 Å². The number of hydrogen-bond donors (Lipinski definition) is 1. The van der Waals surface area contributed by atoms with Crippen molar-refractivity contribution >= 4 is 15.9 Å². The number of rotatable bonds is 6. The molecule has 1 rings (SSSR count). The van der Waals surface area contributed by atoms with Gasteiger partial charge in [0, 0.05) is 20.1 Å². The maximum atomic E-state index is 12.1. The standard InChI is InChI=1S/C16H26N2O3S/c1-16(2,3)14(11-13-9-7-6-8-10-13)17-15(19)12-22(20,21)18(4)5/h6-10,14H,11-12H2,1-5H3,(H,17,19)/t14-/m1/s1. The Morgan fingerprint density at radius 3 is 2.18 bits per heavy atom. The fourth-order valence-corrected chi connectivity index (χ4v) is 2.63. The predicted octanol–water partition coefficient (Wildman–Crippen LogP) is 1.65. The molecular weight excluding hydrogens is 300 g/mol. The van der Waals surface area contributed by atoms with Crippen LogP contribution in [-0.2, 0) is 21.2 Å². The molecule has 0 heterocycles. The van der Waals surface area contributed by atoms with E-state index in [0.29, 0.717) is 6.42 Å². The molecular formula is C16H26N2O3S. The van der Waals surface area contributed by atoms with Crippen LogP contribution in [0.5, 0.6) is 0 Å². The minimum atomic E-state index is -3.54. The van der Waals surface area contributed by atoms with Crippen LogP contribution < -0.4 is 5.32 Å². The van der Waals surface area contributed by atoms with Crippen molar-refractivity contribution in [2.24, 2.45) is 5.41 Å². The molecule has 0 radical (unpaired) electrons. The lowest BCUT2D eigenvalue weighted by Crippen LogP contribution is -2.48. The van der Waals surface area contributed by atoms with Gasteiger partial charge in [-0.2, -0.15) is 0 Å². The first-order valence-electron chi connectivity index (χ1n) is 7.26. The zero-order chi connectivity index (χ0) is 17.0. The molecule has 1 aromatic carbocycles. The molecule has 0 aliphatic rings. The lowest BCUT2D eigenvalue weighted by Gasteiger charge is -2.32. The number of nitrogens with zero attached hydrogens (tertiary/aromatic N) is 1. The second-order valence-electron chi connectivity index (χ2n) is 6.71. The molecule has 0 fully saturated rings. The molecule has 0 unspecified atom stereocenters. The largest absolute Gasteiger partial charge is 0.352 e. The van der Waals surface area contributed by atoms with Crippen LogP contribution in [0.2, 0.25) is 0 Å². The third-order valence-corrected chi connectivity index (χ3v) is 5.27. The summed E-state index contributed by atoms with van der Waals surface area (Å²) in [5.74, 6) is -0.994. The van der Waals surface area contributed by atoms with Crippen LogP contribution >= 0.6 is 0 Å². The van der Waals surface area contributed by atoms with Crippen molar-refractivity contribution in [1.82, 2.24) is 9.62 Å². The van der Waals surface area contributed by atoms with Crippen molar-refractivity contribution < 1.29 is 13.2 Å². The molecule has 0 saturated carbocycles. The first-order chi connectivity index (χ1) is 10.0. The minimum Gasteiger partial charge on any atom is -0.352 e. The summed E-state index contributed by atoms with van der Waals surface area (Å²) in [5.41, 5.74) is 0.936. The molecule has 0 bridgehead atoms. The Bertz CT molecular complexity index is 590. The van der Waals surface area contributed by atoms with E-state index in [1.807, 2.05) is 51.1 Å². The van der Waals surface area contributed by atoms with E-state index in [4.69, 9.17) is 0 Å². The Hall–Kier alpha value is -1.40. The number of sulfonamides is 1.